The van der Waals surface area contributed by atoms with Gasteiger partial charge in [-0.15, -0.1) is 23.7 Å². The number of likely N-dealkylation sites (N-methyl/N-ethyl adjacent to an activating group) is 1. The number of hydrogen-bond donors (Lipinski definition) is 1. The minimum Gasteiger partial charge on any atom is -0.333 e. The van der Waals surface area contributed by atoms with Crippen molar-refractivity contribution in [3.05, 3.63) is 47.6 Å². The number of halogens is 1. The van der Waals surface area contributed by atoms with E-state index in [0.717, 1.165) is 28.2 Å². The number of nitrogens with one attached hydrogen (secondary N) is 1. The molecule has 2 aromatic heterocycles. The highest BCUT2D eigenvalue weighted by atomic mass is 35.5. The third-order valence-corrected chi connectivity index (χ3v) is 4.30. The Hall–Kier alpha value is -1.69. The molecule has 1 unspecified atom stereocenters. The Morgan fingerprint density at radius 1 is 1.23 bits per heavy atom. The summed E-state index contributed by atoms with van der Waals surface area (Å²) in [6, 6.07) is 12.7. The average molecular weight is 336 g/mol. The van der Waals surface area contributed by atoms with Gasteiger partial charge >= 0.3 is 0 Å². The van der Waals surface area contributed by atoms with E-state index in [9.17, 15) is 0 Å². The Kier molecular flexibility index (Phi) is 5.71. The van der Waals surface area contributed by atoms with Crippen LogP contribution in [0, 0.1) is 0 Å². The number of hydrogen-bond acceptors (Lipinski definition) is 5. The molecule has 0 spiro atoms. The lowest BCUT2D eigenvalue weighted by Gasteiger charge is -2.04. The summed E-state index contributed by atoms with van der Waals surface area (Å²) in [7, 11) is 1.93. The zero-order valence-electron chi connectivity index (χ0n) is 12.4. The van der Waals surface area contributed by atoms with Gasteiger partial charge in [-0.2, -0.15) is 4.98 Å². The van der Waals surface area contributed by atoms with E-state index in [1.54, 1.807) is 11.3 Å². The van der Waals surface area contributed by atoms with E-state index in [2.05, 4.69) is 46.0 Å². The maximum absolute atomic E-state index is 5.44. The Labute approximate surface area is 140 Å². The fourth-order valence-corrected chi connectivity index (χ4v) is 2.96. The van der Waals surface area contributed by atoms with Gasteiger partial charge in [-0.1, -0.05) is 35.5 Å². The first-order valence-corrected chi connectivity index (χ1v) is 7.79. The second-order valence-corrected chi connectivity index (χ2v) is 5.86. The highest BCUT2D eigenvalue weighted by Gasteiger charge is 2.16. The molecule has 22 heavy (non-hydrogen) atoms. The standard InChI is InChI=1S/C16H17N3OS.ClH/c1-11(17-2)10-14-18-16(20-19-14)15-13(8-9-21-15)12-6-4-3-5-7-12;/h3-9,11,17H,10H2,1-2H3;1H. The molecule has 0 aliphatic heterocycles. The van der Waals surface area contributed by atoms with E-state index in [-0.39, 0.29) is 12.4 Å². The van der Waals surface area contributed by atoms with Crippen molar-refractivity contribution in [1.82, 2.24) is 15.5 Å². The highest BCUT2D eigenvalue weighted by molar-refractivity contribution is 7.14. The smallest absolute Gasteiger partial charge is 0.268 e. The molecule has 0 aliphatic carbocycles. The minimum absolute atomic E-state index is 0. The molecule has 0 fully saturated rings. The molecule has 116 valence electrons. The predicted molar refractivity (Wildman–Crippen MR) is 92.5 cm³/mol. The van der Waals surface area contributed by atoms with Gasteiger partial charge in [-0.3, -0.25) is 0 Å². The van der Waals surface area contributed by atoms with Crippen LogP contribution < -0.4 is 5.32 Å². The topological polar surface area (TPSA) is 51.0 Å². The minimum atomic E-state index is 0. The van der Waals surface area contributed by atoms with Crippen LogP contribution in [0.5, 0.6) is 0 Å². The van der Waals surface area contributed by atoms with Crippen molar-refractivity contribution in [2.75, 3.05) is 7.05 Å². The normalized spacial score (nSPS) is 11.9. The predicted octanol–water partition coefficient (Wildman–Crippen LogP) is 4.04. The lowest BCUT2D eigenvalue weighted by Crippen LogP contribution is -2.24. The molecule has 6 heteroatoms. The van der Waals surface area contributed by atoms with Gasteiger partial charge in [0.2, 0.25) is 0 Å². The van der Waals surface area contributed by atoms with Gasteiger partial charge in [-0.25, -0.2) is 0 Å². The van der Waals surface area contributed by atoms with Gasteiger partial charge in [0.1, 0.15) is 4.88 Å². The molecule has 0 saturated carbocycles. The van der Waals surface area contributed by atoms with Crippen LogP contribution in [0.15, 0.2) is 46.3 Å². The van der Waals surface area contributed by atoms with Crippen molar-refractivity contribution >= 4 is 23.7 Å². The fourth-order valence-electron chi connectivity index (χ4n) is 2.12. The molecule has 3 rings (SSSR count). The van der Waals surface area contributed by atoms with Crippen molar-refractivity contribution in [2.45, 2.75) is 19.4 Å². The monoisotopic (exact) mass is 335 g/mol. The first-order valence-electron chi connectivity index (χ1n) is 6.91. The summed E-state index contributed by atoms with van der Waals surface area (Å²) >= 11 is 1.62. The van der Waals surface area contributed by atoms with Gasteiger partial charge in [0.15, 0.2) is 5.82 Å². The SMILES string of the molecule is CNC(C)Cc1noc(-c2sccc2-c2ccccc2)n1.Cl. The third kappa shape index (κ3) is 3.55. The lowest BCUT2D eigenvalue weighted by molar-refractivity contribution is 0.419. The molecular weight excluding hydrogens is 318 g/mol. The van der Waals surface area contributed by atoms with Crippen molar-refractivity contribution in [3.8, 4) is 21.9 Å². The van der Waals surface area contributed by atoms with Crippen LogP contribution in [0.25, 0.3) is 21.9 Å². The van der Waals surface area contributed by atoms with Crippen LogP contribution in [0.1, 0.15) is 12.7 Å². The first kappa shape index (κ1) is 16.7. The van der Waals surface area contributed by atoms with Crippen molar-refractivity contribution < 1.29 is 4.52 Å². The molecule has 0 aliphatic rings. The number of thiophene rings is 1. The van der Waals surface area contributed by atoms with Crippen LogP contribution in [0.2, 0.25) is 0 Å². The zero-order valence-corrected chi connectivity index (χ0v) is 14.1. The van der Waals surface area contributed by atoms with Crippen LogP contribution in [-0.4, -0.2) is 23.2 Å². The van der Waals surface area contributed by atoms with E-state index in [1.807, 2.05) is 25.2 Å². The first-order chi connectivity index (χ1) is 10.3. The number of nitrogens with zero attached hydrogens (tertiary/aromatic N) is 2. The number of benzene rings is 1. The van der Waals surface area contributed by atoms with Crippen molar-refractivity contribution in [3.63, 3.8) is 0 Å². The molecule has 2 heterocycles. The largest absolute Gasteiger partial charge is 0.333 e. The maximum atomic E-state index is 5.44. The molecule has 0 radical (unpaired) electrons. The van der Waals surface area contributed by atoms with Crippen LogP contribution in [0.3, 0.4) is 0 Å². The van der Waals surface area contributed by atoms with E-state index < -0.39 is 0 Å². The average Bonchev–Trinajstić information content (AvgIpc) is 3.16. The number of rotatable bonds is 5. The van der Waals surface area contributed by atoms with E-state index >= 15 is 0 Å². The molecule has 0 amide bonds. The molecule has 1 aromatic carbocycles. The Bertz CT molecular complexity index is 711. The van der Waals surface area contributed by atoms with Crippen molar-refractivity contribution in [1.29, 1.82) is 0 Å². The van der Waals surface area contributed by atoms with Gasteiger partial charge in [-0.05, 0) is 31.0 Å². The van der Waals surface area contributed by atoms with Crippen LogP contribution in [0.4, 0.5) is 0 Å². The summed E-state index contributed by atoms with van der Waals surface area (Å²) in [6.45, 7) is 2.09. The fraction of sp³-hybridized carbons (Fsp3) is 0.250. The summed E-state index contributed by atoms with van der Waals surface area (Å²) in [6.07, 6.45) is 0.756. The summed E-state index contributed by atoms with van der Waals surface area (Å²) in [5.74, 6) is 1.33. The van der Waals surface area contributed by atoms with Crippen molar-refractivity contribution in [2.24, 2.45) is 0 Å². The van der Waals surface area contributed by atoms with E-state index in [4.69, 9.17) is 4.52 Å². The highest BCUT2D eigenvalue weighted by Crippen LogP contribution is 2.35. The molecule has 0 bridgehead atoms. The van der Waals surface area contributed by atoms with Gasteiger partial charge in [0.25, 0.3) is 5.89 Å². The molecule has 1 N–H and O–H groups in total. The quantitative estimate of drug-likeness (QED) is 0.764. The molecule has 1 atom stereocenters. The summed E-state index contributed by atoms with van der Waals surface area (Å²) < 4.78 is 5.44. The van der Waals surface area contributed by atoms with E-state index in [1.165, 1.54) is 0 Å². The molecule has 0 saturated heterocycles. The summed E-state index contributed by atoms with van der Waals surface area (Å²) in [5, 5.41) is 9.30. The lowest BCUT2D eigenvalue weighted by atomic mass is 10.1. The summed E-state index contributed by atoms with van der Waals surface area (Å²) in [4.78, 5) is 5.54. The second-order valence-electron chi connectivity index (χ2n) is 4.94. The maximum Gasteiger partial charge on any atom is 0.268 e. The molecule has 3 aromatic rings. The number of aromatic nitrogens is 2. The summed E-state index contributed by atoms with van der Waals surface area (Å²) in [5.41, 5.74) is 2.30. The zero-order chi connectivity index (χ0) is 14.7. The Morgan fingerprint density at radius 2 is 2.00 bits per heavy atom. The molecule has 4 nitrogen and oxygen atoms in total. The Balaban J connectivity index is 0.00000176. The Morgan fingerprint density at radius 3 is 2.73 bits per heavy atom. The van der Waals surface area contributed by atoms with Gasteiger partial charge in [0.05, 0.1) is 0 Å². The second kappa shape index (κ2) is 7.54. The third-order valence-electron chi connectivity index (χ3n) is 3.39. The van der Waals surface area contributed by atoms with Crippen LogP contribution in [-0.2, 0) is 6.42 Å². The van der Waals surface area contributed by atoms with Gasteiger partial charge < -0.3 is 9.84 Å². The molecular formula is C16H18ClN3OS. The van der Waals surface area contributed by atoms with Gasteiger partial charge in [0, 0.05) is 18.0 Å². The van der Waals surface area contributed by atoms with Crippen LogP contribution >= 0.6 is 23.7 Å². The van der Waals surface area contributed by atoms with E-state index in [0.29, 0.717) is 11.9 Å².